The minimum atomic E-state index is 0.676. The van der Waals surface area contributed by atoms with Gasteiger partial charge in [0.05, 0.1) is 0 Å². The van der Waals surface area contributed by atoms with Crippen LogP contribution in [0.3, 0.4) is 0 Å². The lowest BCUT2D eigenvalue weighted by Gasteiger charge is -2.32. The van der Waals surface area contributed by atoms with Gasteiger partial charge in [-0.05, 0) is 78.7 Å². The predicted octanol–water partition coefficient (Wildman–Crippen LogP) is 5.21. The number of piperidine rings is 1. The first-order valence-corrected chi connectivity index (χ1v) is 9.08. The topological polar surface area (TPSA) is 8.17 Å². The molecule has 1 aliphatic rings. The van der Waals surface area contributed by atoms with Crippen molar-refractivity contribution in [3.63, 3.8) is 0 Å². The number of aryl methyl sites for hydroxylation is 1. The van der Waals surface area contributed by atoms with Crippen molar-refractivity contribution in [2.24, 2.45) is 7.05 Å². The summed E-state index contributed by atoms with van der Waals surface area (Å²) in [5.41, 5.74) is 4.16. The highest BCUT2D eigenvalue weighted by atomic mass is 35.5. The third-order valence-corrected chi connectivity index (χ3v) is 5.54. The summed E-state index contributed by atoms with van der Waals surface area (Å²) in [6, 6.07) is 17.4. The van der Waals surface area contributed by atoms with Gasteiger partial charge >= 0.3 is 0 Å². The van der Waals surface area contributed by atoms with Gasteiger partial charge in [0, 0.05) is 30.3 Å². The first-order chi connectivity index (χ1) is 11.7. The Labute approximate surface area is 148 Å². The van der Waals surface area contributed by atoms with E-state index in [0.29, 0.717) is 5.92 Å². The summed E-state index contributed by atoms with van der Waals surface area (Å²) < 4.78 is 2.18. The fraction of sp³-hybridized carbons (Fsp3) is 0.333. The summed E-state index contributed by atoms with van der Waals surface area (Å²) in [4.78, 5) is 2.58. The van der Waals surface area contributed by atoms with Crippen LogP contribution < -0.4 is 0 Å². The molecule has 1 fully saturated rings. The summed E-state index contributed by atoms with van der Waals surface area (Å²) in [5, 5.41) is 2.17. The molecule has 1 aliphatic heterocycles. The molecule has 2 heterocycles. The van der Waals surface area contributed by atoms with E-state index in [-0.39, 0.29) is 0 Å². The highest BCUT2D eigenvalue weighted by Gasteiger charge is 2.20. The van der Waals surface area contributed by atoms with E-state index in [4.69, 9.17) is 11.6 Å². The second-order valence-electron chi connectivity index (χ2n) is 6.92. The zero-order valence-electron chi connectivity index (χ0n) is 14.1. The van der Waals surface area contributed by atoms with Crippen molar-refractivity contribution in [2.45, 2.75) is 25.3 Å². The van der Waals surface area contributed by atoms with Crippen LogP contribution in [-0.4, -0.2) is 22.6 Å². The van der Waals surface area contributed by atoms with Gasteiger partial charge in [-0.15, -0.1) is 0 Å². The quantitative estimate of drug-likeness (QED) is 0.636. The zero-order chi connectivity index (χ0) is 16.5. The molecular formula is C21H23ClN2. The van der Waals surface area contributed by atoms with Gasteiger partial charge in [0.25, 0.3) is 0 Å². The Morgan fingerprint density at radius 3 is 2.50 bits per heavy atom. The maximum Gasteiger partial charge on any atom is 0.0477 e. The first kappa shape index (κ1) is 15.7. The molecule has 24 heavy (non-hydrogen) atoms. The number of hydrogen-bond donors (Lipinski definition) is 0. The molecule has 0 spiro atoms. The van der Waals surface area contributed by atoms with Crippen LogP contribution in [0, 0.1) is 0 Å². The maximum absolute atomic E-state index is 6.00. The lowest BCUT2D eigenvalue weighted by molar-refractivity contribution is 0.205. The predicted molar refractivity (Wildman–Crippen MR) is 102 cm³/mol. The van der Waals surface area contributed by atoms with Gasteiger partial charge in [-0.25, -0.2) is 0 Å². The molecule has 2 aromatic carbocycles. The minimum Gasteiger partial charge on any atom is -0.351 e. The average Bonchev–Trinajstić information content (AvgIpc) is 2.97. The van der Waals surface area contributed by atoms with Crippen LogP contribution >= 0.6 is 11.6 Å². The smallest absolute Gasteiger partial charge is 0.0477 e. The number of nitrogens with zero attached hydrogens (tertiary/aromatic N) is 2. The van der Waals surface area contributed by atoms with Gasteiger partial charge in [-0.3, -0.25) is 4.90 Å². The zero-order valence-corrected chi connectivity index (χ0v) is 14.8. The maximum atomic E-state index is 6.00. The van der Waals surface area contributed by atoms with Crippen molar-refractivity contribution in [3.8, 4) is 0 Å². The van der Waals surface area contributed by atoms with Crippen LogP contribution in [0.5, 0.6) is 0 Å². The molecule has 4 rings (SSSR count). The summed E-state index contributed by atoms with van der Waals surface area (Å²) in [6.07, 6.45) is 4.59. The summed E-state index contributed by atoms with van der Waals surface area (Å²) in [7, 11) is 2.10. The van der Waals surface area contributed by atoms with E-state index in [0.717, 1.165) is 11.6 Å². The van der Waals surface area contributed by atoms with Gasteiger partial charge in [-0.2, -0.15) is 0 Å². The van der Waals surface area contributed by atoms with Crippen molar-refractivity contribution in [1.29, 1.82) is 0 Å². The van der Waals surface area contributed by atoms with Gasteiger partial charge in [-0.1, -0.05) is 29.8 Å². The Morgan fingerprint density at radius 1 is 1.00 bits per heavy atom. The second-order valence-corrected chi connectivity index (χ2v) is 7.36. The second kappa shape index (κ2) is 6.62. The monoisotopic (exact) mass is 338 g/mol. The third-order valence-electron chi connectivity index (χ3n) is 5.28. The Bertz CT molecular complexity index is 827. The normalized spacial score (nSPS) is 16.8. The van der Waals surface area contributed by atoms with E-state index in [1.54, 1.807) is 0 Å². The van der Waals surface area contributed by atoms with Crippen molar-refractivity contribution < 1.29 is 0 Å². The largest absolute Gasteiger partial charge is 0.351 e. The highest BCUT2D eigenvalue weighted by molar-refractivity contribution is 6.30. The average molecular weight is 339 g/mol. The Kier molecular flexibility index (Phi) is 4.34. The fourth-order valence-corrected chi connectivity index (χ4v) is 3.97. The van der Waals surface area contributed by atoms with Crippen LogP contribution in [0.2, 0.25) is 5.02 Å². The number of rotatable bonds is 3. The van der Waals surface area contributed by atoms with Gasteiger partial charge in [0.2, 0.25) is 0 Å². The van der Waals surface area contributed by atoms with E-state index >= 15 is 0 Å². The van der Waals surface area contributed by atoms with Crippen molar-refractivity contribution >= 4 is 22.5 Å². The lowest BCUT2D eigenvalue weighted by Crippen LogP contribution is -2.32. The number of fused-ring (bicyclic) bond motifs is 1. The van der Waals surface area contributed by atoms with Crippen LogP contribution in [0.1, 0.15) is 29.9 Å². The Balaban J connectivity index is 1.39. The van der Waals surface area contributed by atoms with E-state index in [1.807, 2.05) is 12.1 Å². The lowest BCUT2D eigenvalue weighted by atomic mass is 9.89. The Hall–Kier alpha value is -1.77. The van der Waals surface area contributed by atoms with Crippen LogP contribution in [0.25, 0.3) is 10.9 Å². The number of benzene rings is 2. The third kappa shape index (κ3) is 3.22. The van der Waals surface area contributed by atoms with Gasteiger partial charge in [0.15, 0.2) is 0 Å². The van der Waals surface area contributed by atoms with Gasteiger partial charge in [0.1, 0.15) is 0 Å². The molecule has 0 aliphatic carbocycles. The van der Waals surface area contributed by atoms with Crippen molar-refractivity contribution in [1.82, 2.24) is 9.47 Å². The fourth-order valence-electron chi connectivity index (χ4n) is 3.85. The number of halogens is 1. The molecule has 0 radical (unpaired) electrons. The standard InChI is InChI=1S/C21H23ClN2/c1-23-11-8-19-14-16(2-7-21(19)23)15-24-12-9-18(10-13-24)17-3-5-20(22)6-4-17/h2-8,11,14,18H,9-10,12-13,15H2,1H3. The van der Waals surface area contributed by atoms with E-state index in [1.165, 1.54) is 48.0 Å². The molecule has 1 aromatic heterocycles. The molecule has 0 atom stereocenters. The molecule has 0 bridgehead atoms. The van der Waals surface area contributed by atoms with E-state index in [9.17, 15) is 0 Å². The van der Waals surface area contributed by atoms with Crippen molar-refractivity contribution in [3.05, 3.63) is 70.9 Å². The molecule has 0 N–H and O–H groups in total. The summed E-state index contributed by atoms with van der Waals surface area (Å²) in [6.45, 7) is 3.39. The SMILES string of the molecule is Cn1ccc2cc(CN3CCC(c4ccc(Cl)cc4)CC3)ccc21. The molecule has 2 nitrogen and oxygen atoms in total. The Morgan fingerprint density at radius 2 is 1.75 bits per heavy atom. The molecule has 3 aromatic rings. The molecule has 1 saturated heterocycles. The molecular weight excluding hydrogens is 316 g/mol. The van der Waals surface area contributed by atoms with Crippen LogP contribution in [-0.2, 0) is 13.6 Å². The molecule has 3 heteroatoms. The molecule has 0 saturated carbocycles. The summed E-state index contributed by atoms with van der Waals surface area (Å²) >= 11 is 6.00. The first-order valence-electron chi connectivity index (χ1n) is 8.71. The molecule has 0 amide bonds. The van der Waals surface area contributed by atoms with Gasteiger partial charge < -0.3 is 4.57 Å². The van der Waals surface area contributed by atoms with E-state index < -0.39 is 0 Å². The van der Waals surface area contributed by atoms with E-state index in [2.05, 4.69) is 59.1 Å². The van der Waals surface area contributed by atoms with Crippen LogP contribution in [0.4, 0.5) is 0 Å². The number of aromatic nitrogens is 1. The van der Waals surface area contributed by atoms with Crippen LogP contribution in [0.15, 0.2) is 54.7 Å². The molecule has 0 unspecified atom stereocenters. The number of hydrogen-bond acceptors (Lipinski definition) is 1. The highest BCUT2D eigenvalue weighted by Crippen LogP contribution is 2.29. The minimum absolute atomic E-state index is 0.676. The molecule has 124 valence electrons. The number of likely N-dealkylation sites (tertiary alicyclic amines) is 1. The summed E-state index contributed by atoms with van der Waals surface area (Å²) in [5.74, 6) is 0.676. The van der Waals surface area contributed by atoms with Crippen molar-refractivity contribution in [2.75, 3.05) is 13.1 Å².